The third kappa shape index (κ3) is 58.4. The molecule has 10 nitrogen and oxygen atoms in total. The Labute approximate surface area is 184 Å². The maximum atomic E-state index is 7.56. The zero-order valence-corrected chi connectivity index (χ0v) is 21.4. The highest BCUT2D eigenvalue weighted by molar-refractivity contribution is 8.06. The first-order chi connectivity index (χ1) is 13.1. The predicted octanol–water partition coefficient (Wildman–Crippen LogP) is 2.79. The summed E-state index contributed by atoms with van der Waals surface area (Å²) in [5.74, 6) is 0.568. The average Bonchev–Trinajstić information content (AvgIpc) is 2.45. The smallest absolute Gasteiger partial charge is 0.319 e. The van der Waals surface area contributed by atoms with E-state index in [1.54, 1.807) is 6.07 Å². The van der Waals surface area contributed by atoms with Gasteiger partial charge in [-0.25, -0.2) is 4.98 Å². The number of ether oxygens (including phenoxy) is 2. The van der Waals surface area contributed by atoms with E-state index in [1.807, 2.05) is 20.8 Å². The van der Waals surface area contributed by atoms with Gasteiger partial charge in [-0.3, -0.25) is 0 Å². The molecule has 0 spiro atoms. The summed E-state index contributed by atoms with van der Waals surface area (Å²) in [5.41, 5.74) is 0.849. The molecule has 176 valence electrons. The number of hydrogen-bond donors (Lipinski definition) is 6. The van der Waals surface area contributed by atoms with Crippen molar-refractivity contribution in [1.82, 2.24) is 9.97 Å². The Kier molecular flexibility index (Phi) is 27.9. The molecule has 0 aliphatic rings. The second-order valence-electron chi connectivity index (χ2n) is 4.94. The first-order valence-electron chi connectivity index (χ1n) is 8.77. The standard InChI is InChI=1S/C9H14N2O2.2C3H8.2H3O3PS/c1-4-12-8-6-7(3)10-9(11-8)13-5-2;2*1-3-2;2*1-4(2,3)5/h6H,4-5H2,1-3H3;2*3H2,1-2H3;2*(H3,1,2,3,5). The first kappa shape index (κ1) is 36.1. The third-order valence-electron chi connectivity index (χ3n) is 1.38. The van der Waals surface area contributed by atoms with E-state index in [0.717, 1.165) is 5.69 Å². The predicted molar refractivity (Wildman–Crippen MR) is 123 cm³/mol. The quantitative estimate of drug-likeness (QED) is 0.337. The van der Waals surface area contributed by atoms with Gasteiger partial charge in [0.05, 0.1) is 13.2 Å². The van der Waals surface area contributed by atoms with Crippen LogP contribution in [0.25, 0.3) is 0 Å². The fraction of sp³-hybridized carbons (Fsp3) is 0.733. The molecule has 0 aliphatic heterocycles. The van der Waals surface area contributed by atoms with Crippen molar-refractivity contribution < 1.29 is 38.8 Å². The van der Waals surface area contributed by atoms with Crippen molar-refractivity contribution in [3.8, 4) is 11.9 Å². The zero-order valence-electron chi connectivity index (χ0n) is 18.0. The lowest BCUT2D eigenvalue weighted by molar-refractivity contribution is 0.288. The Morgan fingerprint density at radius 2 is 1.07 bits per heavy atom. The van der Waals surface area contributed by atoms with Gasteiger partial charge in [0.1, 0.15) is 0 Å². The van der Waals surface area contributed by atoms with Gasteiger partial charge in [0, 0.05) is 11.8 Å². The lowest BCUT2D eigenvalue weighted by Gasteiger charge is -2.05. The minimum atomic E-state index is -3.81. The number of hydrogen-bond acceptors (Lipinski definition) is 6. The molecule has 1 heterocycles. The average molecular weight is 499 g/mol. The fourth-order valence-electron chi connectivity index (χ4n) is 0.929. The van der Waals surface area contributed by atoms with Gasteiger partial charge in [0.2, 0.25) is 5.88 Å². The van der Waals surface area contributed by atoms with Crippen LogP contribution in [0.5, 0.6) is 11.9 Å². The normalized spacial score (nSPS) is 9.69. The molecule has 29 heavy (non-hydrogen) atoms. The highest BCUT2D eigenvalue weighted by Crippen LogP contribution is 2.27. The van der Waals surface area contributed by atoms with Crippen LogP contribution in [0.15, 0.2) is 6.07 Å². The van der Waals surface area contributed by atoms with Crippen LogP contribution in [-0.2, 0) is 23.6 Å². The van der Waals surface area contributed by atoms with Crippen LogP contribution in [0.4, 0.5) is 0 Å². The summed E-state index contributed by atoms with van der Waals surface area (Å²) in [4.78, 5) is 53.5. The monoisotopic (exact) mass is 498 g/mol. The van der Waals surface area contributed by atoms with E-state index in [4.69, 9.17) is 38.8 Å². The van der Waals surface area contributed by atoms with Crippen molar-refractivity contribution in [2.75, 3.05) is 13.2 Å². The number of aromatic nitrogens is 2. The lowest BCUT2D eigenvalue weighted by Crippen LogP contribution is -2.02. The molecule has 0 atom stereocenters. The largest absolute Gasteiger partial charge is 0.478 e. The van der Waals surface area contributed by atoms with Crippen LogP contribution in [0.1, 0.15) is 60.1 Å². The molecule has 0 aromatic carbocycles. The molecule has 6 N–H and O–H groups in total. The van der Waals surface area contributed by atoms with E-state index in [2.05, 4.69) is 61.3 Å². The van der Waals surface area contributed by atoms with Gasteiger partial charge in [-0.15, -0.1) is 0 Å². The van der Waals surface area contributed by atoms with Gasteiger partial charge < -0.3 is 38.8 Å². The van der Waals surface area contributed by atoms with Crippen LogP contribution in [0.3, 0.4) is 0 Å². The summed E-state index contributed by atoms with van der Waals surface area (Å²) < 4.78 is 10.4. The van der Waals surface area contributed by atoms with E-state index in [-0.39, 0.29) is 0 Å². The molecule has 0 unspecified atom stereocenters. The highest BCUT2D eigenvalue weighted by atomic mass is 32.5. The molecule has 14 heteroatoms. The Bertz CT molecular complexity index is 523. The maximum Gasteiger partial charge on any atom is 0.319 e. The summed E-state index contributed by atoms with van der Waals surface area (Å²) in [6.07, 6.45) is 2.50. The van der Waals surface area contributed by atoms with Crippen molar-refractivity contribution in [3.63, 3.8) is 0 Å². The number of rotatable bonds is 4. The third-order valence-corrected chi connectivity index (χ3v) is 1.38. The second-order valence-corrected chi connectivity index (χ2v) is 9.93. The molecule has 0 saturated heterocycles. The van der Waals surface area contributed by atoms with Crippen LogP contribution >= 0.6 is 13.4 Å². The molecule has 1 rings (SSSR count). The van der Waals surface area contributed by atoms with Gasteiger partial charge in [0.15, 0.2) is 0 Å². The van der Waals surface area contributed by atoms with Gasteiger partial charge in [-0.2, -0.15) is 4.98 Å². The summed E-state index contributed by atoms with van der Waals surface area (Å²) in [6.45, 7) is 7.74. The topological polar surface area (TPSA) is 166 Å². The molecule has 0 saturated carbocycles. The van der Waals surface area contributed by atoms with Crippen LogP contribution < -0.4 is 9.47 Å². The molecule has 0 fully saturated rings. The summed E-state index contributed by atoms with van der Waals surface area (Å²) in [5, 5.41) is 0. The Morgan fingerprint density at radius 3 is 1.34 bits per heavy atom. The molecule has 1 aromatic heterocycles. The van der Waals surface area contributed by atoms with Gasteiger partial charge in [0.25, 0.3) is 0 Å². The van der Waals surface area contributed by atoms with Crippen LogP contribution in [-0.4, -0.2) is 52.5 Å². The van der Waals surface area contributed by atoms with E-state index in [0.29, 0.717) is 25.1 Å². The molecule has 0 radical (unpaired) electrons. The molecule has 0 aliphatic carbocycles. The van der Waals surface area contributed by atoms with E-state index >= 15 is 0 Å². The van der Waals surface area contributed by atoms with E-state index < -0.39 is 13.4 Å². The Hall–Kier alpha value is -0.260. The maximum absolute atomic E-state index is 7.56. The van der Waals surface area contributed by atoms with Gasteiger partial charge in [-0.1, -0.05) is 40.5 Å². The fourth-order valence-corrected chi connectivity index (χ4v) is 0.929. The van der Waals surface area contributed by atoms with Gasteiger partial charge in [-0.05, 0) is 44.4 Å². The van der Waals surface area contributed by atoms with Crippen molar-refractivity contribution in [3.05, 3.63) is 11.8 Å². The second kappa shape index (κ2) is 22.4. The highest BCUT2D eigenvalue weighted by Gasteiger charge is 2.02. The molecule has 0 bridgehead atoms. The zero-order chi connectivity index (χ0) is 24.1. The molecule has 0 amide bonds. The SMILES string of the molecule is CCC.CCC.CCOc1cc(C)nc(OCC)n1.OP(O)(O)=S.OP(O)(O)=S. The number of nitrogens with zero attached hydrogens (tertiary/aromatic N) is 2. The van der Waals surface area contributed by atoms with E-state index in [1.165, 1.54) is 12.8 Å². The minimum absolute atomic E-state index is 0.381. The van der Waals surface area contributed by atoms with Gasteiger partial charge >= 0.3 is 19.4 Å². The summed E-state index contributed by atoms with van der Waals surface area (Å²) >= 11 is 7.21. The van der Waals surface area contributed by atoms with Crippen LogP contribution in [0.2, 0.25) is 0 Å². The van der Waals surface area contributed by atoms with Crippen molar-refractivity contribution >= 4 is 37.1 Å². The van der Waals surface area contributed by atoms with Crippen molar-refractivity contribution in [1.29, 1.82) is 0 Å². The summed E-state index contributed by atoms with van der Waals surface area (Å²) in [6, 6.07) is 2.16. The Morgan fingerprint density at radius 1 is 0.759 bits per heavy atom. The lowest BCUT2D eigenvalue weighted by atomic mass is 10.4. The Balaban J connectivity index is -0.000000162. The van der Waals surface area contributed by atoms with E-state index in [9.17, 15) is 0 Å². The minimum Gasteiger partial charge on any atom is -0.478 e. The molecule has 1 aromatic rings. The molecular weight excluding hydrogens is 462 g/mol. The van der Waals surface area contributed by atoms with Crippen LogP contribution in [0, 0.1) is 6.92 Å². The molecular formula is C15H36N2O8P2S2. The first-order valence-corrected chi connectivity index (χ1v) is 14.1. The van der Waals surface area contributed by atoms with Crippen molar-refractivity contribution in [2.24, 2.45) is 0 Å². The van der Waals surface area contributed by atoms with Crippen molar-refractivity contribution in [2.45, 2.75) is 61.3 Å². The summed E-state index contributed by atoms with van der Waals surface area (Å²) in [7, 11) is 0. The number of aryl methyl sites for hydroxylation is 1.